The number of carbonyl (C=O) groups excluding carboxylic acids is 2. The first-order valence-electron chi connectivity index (χ1n) is 7.16. The average molecular weight is 291 g/mol. The number of amides is 1. The van der Waals surface area contributed by atoms with Gasteiger partial charge in [0.05, 0.1) is 19.8 Å². The summed E-state index contributed by atoms with van der Waals surface area (Å²) in [6.45, 7) is 1.48. The number of hydrogen-bond acceptors (Lipinski definition) is 4. The summed E-state index contributed by atoms with van der Waals surface area (Å²) in [7, 11) is 1.30. The van der Waals surface area contributed by atoms with Gasteiger partial charge in [0.1, 0.15) is 0 Å². The van der Waals surface area contributed by atoms with Crippen LogP contribution in [0.15, 0.2) is 24.3 Å². The molecule has 0 saturated heterocycles. The van der Waals surface area contributed by atoms with Crippen LogP contribution in [0.25, 0.3) is 0 Å². The standard InChI is InChI=1S/C16H21NO4/c1-11(18)17-14(16(19)20-2)10-21-15-9-5-7-12-6-3-4-8-13(12)15/h3-4,6,8,14-15H,5,7,9-10H2,1-2H3,(H,17,18). The van der Waals surface area contributed by atoms with E-state index in [0.717, 1.165) is 19.3 Å². The van der Waals surface area contributed by atoms with Crippen molar-refractivity contribution in [3.8, 4) is 0 Å². The Morgan fingerprint density at radius 2 is 2.14 bits per heavy atom. The van der Waals surface area contributed by atoms with Crippen LogP contribution in [0.5, 0.6) is 0 Å². The van der Waals surface area contributed by atoms with Crippen molar-refractivity contribution in [1.29, 1.82) is 0 Å². The molecule has 5 nitrogen and oxygen atoms in total. The van der Waals surface area contributed by atoms with Gasteiger partial charge in [0.15, 0.2) is 6.04 Å². The first kappa shape index (κ1) is 15.5. The Kier molecular flexibility index (Phi) is 5.33. The van der Waals surface area contributed by atoms with E-state index in [1.807, 2.05) is 12.1 Å². The van der Waals surface area contributed by atoms with Gasteiger partial charge >= 0.3 is 5.97 Å². The van der Waals surface area contributed by atoms with Crippen molar-refractivity contribution in [2.24, 2.45) is 0 Å². The lowest BCUT2D eigenvalue weighted by atomic mass is 9.89. The second kappa shape index (κ2) is 7.22. The minimum absolute atomic E-state index is 0.0316. The van der Waals surface area contributed by atoms with Gasteiger partial charge in [-0.05, 0) is 30.4 Å². The summed E-state index contributed by atoms with van der Waals surface area (Å²) in [6.07, 6.45) is 3.01. The highest BCUT2D eigenvalue weighted by Gasteiger charge is 2.25. The Balaban J connectivity index is 2.01. The smallest absolute Gasteiger partial charge is 0.330 e. The van der Waals surface area contributed by atoms with Crippen LogP contribution in [-0.4, -0.2) is 31.6 Å². The molecule has 1 aliphatic carbocycles. The zero-order valence-electron chi connectivity index (χ0n) is 12.4. The average Bonchev–Trinajstić information content (AvgIpc) is 2.50. The number of nitrogens with one attached hydrogen (secondary N) is 1. The first-order chi connectivity index (χ1) is 10.1. The number of hydrogen-bond donors (Lipinski definition) is 1. The number of aryl methyl sites for hydroxylation is 1. The predicted molar refractivity (Wildman–Crippen MR) is 77.7 cm³/mol. The molecule has 0 saturated carbocycles. The number of carbonyl (C=O) groups is 2. The minimum atomic E-state index is -0.762. The van der Waals surface area contributed by atoms with Gasteiger partial charge in [-0.3, -0.25) is 4.79 Å². The van der Waals surface area contributed by atoms with E-state index in [-0.39, 0.29) is 18.6 Å². The van der Waals surface area contributed by atoms with Gasteiger partial charge in [-0.1, -0.05) is 24.3 Å². The Bertz CT molecular complexity index is 515. The summed E-state index contributed by atoms with van der Waals surface area (Å²) < 4.78 is 10.6. The van der Waals surface area contributed by atoms with Gasteiger partial charge in [-0.2, -0.15) is 0 Å². The molecule has 0 radical (unpaired) electrons. The van der Waals surface area contributed by atoms with Gasteiger partial charge in [0, 0.05) is 6.92 Å². The van der Waals surface area contributed by atoms with Gasteiger partial charge in [-0.15, -0.1) is 0 Å². The highest BCUT2D eigenvalue weighted by atomic mass is 16.5. The molecule has 114 valence electrons. The monoisotopic (exact) mass is 291 g/mol. The molecule has 2 unspecified atom stereocenters. The number of fused-ring (bicyclic) bond motifs is 1. The third-order valence-electron chi connectivity index (χ3n) is 3.64. The Hall–Kier alpha value is -1.88. The molecule has 0 fully saturated rings. The van der Waals surface area contributed by atoms with Crippen molar-refractivity contribution in [2.75, 3.05) is 13.7 Å². The third kappa shape index (κ3) is 4.04. The zero-order chi connectivity index (χ0) is 15.2. The van der Waals surface area contributed by atoms with Crippen LogP contribution in [0, 0.1) is 0 Å². The second-order valence-electron chi connectivity index (χ2n) is 5.19. The molecule has 0 aliphatic heterocycles. The molecule has 1 N–H and O–H groups in total. The fraction of sp³-hybridized carbons (Fsp3) is 0.500. The van der Waals surface area contributed by atoms with E-state index in [0.29, 0.717) is 0 Å². The summed E-state index contributed by atoms with van der Waals surface area (Å²) in [5, 5.41) is 2.56. The van der Waals surface area contributed by atoms with E-state index in [1.54, 1.807) is 0 Å². The molecule has 0 aromatic heterocycles. The van der Waals surface area contributed by atoms with Crippen LogP contribution in [0.3, 0.4) is 0 Å². The SMILES string of the molecule is COC(=O)C(COC1CCCc2ccccc21)NC(C)=O. The molecule has 1 aromatic rings. The Morgan fingerprint density at radius 3 is 2.86 bits per heavy atom. The fourth-order valence-electron chi connectivity index (χ4n) is 2.65. The number of benzene rings is 1. The van der Waals surface area contributed by atoms with Crippen LogP contribution in [0.1, 0.15) is 37.0 Å². The van der Waals surface area contributed by atoms with Crippen molar-refractivity contribution < 1.29 is 19.1 Å². The second-order valence-corrected chi connectivity index (χ2v) is 5.19. The van der Waals surface area contributed by atoms with E-state index in [1.165, 1.54) is 25.2 Å². The first-order valence-corrected chi connectivity index (χ1v) is 7.16. The van der Waals surface area contributed by atoms with Gasteiger partial charge < -0.3 is 14.8 Å². The van der Waals surface area contributed by atoms with Crippen molar-refractivity contribution >= 4 is 11.9 Å². The van der Waals surface area contributed by atoms with Crippen LogP contribution in [0.2, 0.25) is 0 Å². The molecular weight excluding hydrogens is 270 g/mol. The fourth-order valence-corrected chi connectivity index (χ4v) is 2.65. The molecule has 2 rings (SSSR count). The normalized spacial score (nSPS) is 18.5. The van der Waals surface area contributed by atoms with Crippen molar-refractivity contribution in [1.82, 2.24) is 5.32 Å². The summed E-state index contributed by atoms with van der Waals surface area (Å²) in [5.74, 6) is -0.771. The van der Waals surface area contributed by atoms with E-state index < -0.39 is 12.0 Å². The third-order valence-corrected chi connectivity index (χ3v) is 3.64. The Morgan fingerprint density at radius 1 is 1.38 bits per heavy atom. The molecule has 21 heavy (non-hydrogen) atoms. The van der Waals surface area contributed by atoms with Crippen molar-refractivity contribution in [3.05, 3.63) is 35.4 Å². The lowest BCUT2D eigenvalue weighted by Gasteiger charge is -2.27. The van der Waals surface area contributed by atoms with Crippen LogP contribution < -0.4 is 5.32 Å². The quantitative estimate of drug-likeness (QED) is 0.840. The molecule has 2 atom stereocenters. The molecule has 1 aliphatic rings. The zero-order valence-corrected chi connectivity index (χ0v) is 12.4. The molecule has 1 amide bonds. The summed E-state index contributed by atoms with van der Waals surface area (Å²) in [5.41, 5.74) is 2.47. The molecule has 0 bridgehead atoms. The highest BCUT2D eigenvalue weighted by Crippen LogP contribution is 2.32. The van der Waals surface area contributed by atoms with Crippen LogP contribution in [-0.2, 0) is 25.5 Å². The minimum Gasteiger partial charge on any atom is -0.467 e. The highest BCUT2D eigenvalue weighted by molar-refractivity contribution is 5.83. The van der Waals surface area contributed by atoms with E-state index in [2.05, 4.69) is 22.2 Å². The maximum atomic E-state index is 11.6. The maximum absolute atomic E-state index is 11.6. The topological polar surface area (TPSA) is 64.6 Å². The van der Waals surface area contributed by atoms with E-state index in [4.69, 9.17) is 4.74 Å². The van der Waals surface area contributed by atoms with Gasteiger partial charge in [-0.25, -0.2) is 4.79 Å². The predicted octanol–water partition coefficient (Wildman–Crippen LogP) is 1.76. The molecule has 1 aromatic carbocycles. The molecule has 5 heteroatoms. The summed E-state index contributed by atoms with van der Waals surface area (Å²) >= 11 is 0. The maximum Gasteiger partial charge on any atom is 0.330 e. The number of methoxy groups -OCH3 is 1. The lowest BCUT2D eigenvalue weighted by Crippen LogP contribution is -2.44. The summed E-state index contributed by atoms with van der Waals surface area (Å²) in [4.78, 5) is 22.8. The van der Waals surface area contributed by atoms with Crippen molar-refractivity contribution in [3.63, 3.8) is 0 Å². The Labute approximate surface area is 124 Å². The molecule has 0 heterocycles. The largest absolute Gasteiger partial charge is 0.467 e. The molecule has 0 spiro atoms. The van der Waals surface area contributed by atoms with E-state index >= 15 is 0 Å². The summed E-state index contributed by atoms with van der Waals surface area (Å²) in [6, 6.07) is 7.42. The van der Waals surface area contributed by atoms with Crippen LogP contribution in [0.4, 0.5) is 0 Å². The number of esters is 1. The van der Waals surface area contributed by atoms with Gasteiger partial charge in [0.25, 0.3) is 0 Å². The number of rotatable bonds is 5. The lowest BCUT2D eigenvalue weighted by molar-refractivity contribution is -0.147. The van der Waals surface area contributed by atoms with E-state index in [9.17, 15) is 9.59 Å². The van der Waals surface area contributed by atoms with Crippen LogP contribution >= 0.6 is 0 Å². The van der Waals surface area contributed by atoms with Crippen molar-refractivity contribution in [2.45, 2.75) is 38.3 Å². The molecular formula is C16H21NO4. The van der Waals surface area contributed by atoms with Gasteiger partial charge in [0.2, 0.25) is 5.91 Å². The number of ether oxygens (including phenoxy) is 2.